The Labute approximate surface area is 140 Å². The standard InChI is InChI=1S/C15H13BrClN3S/c1-8-7-21-14(12(8)17)13-11(15(18)20(2)19-13)9-4-3-5-10(16)6-9/h3-7H,18H2,1-2H3. The molecule has 0 atom stereocenters. The normalized spacial score (nSPS) is 11.0. The van der Waals surface area contributed by atoms with Crippen LogP contribution in [0.1, 0.15) is 5.56 Å². The van der Waals surface area contributed by atoms with E-state index in [9.17, 15) is 0 Å². The second-order valence-electron chi connectivity index (χ2n) is 4.80. The third kappa shape index (κ3) is 2.50. The van der Waals surface area contributed by atoms with Crippen LogP contribution in [0, 0.1) is 6.92 Å². The van der Waals surface area contributed by atoms with Crippen LogP contribution in [0.2, 0.25) is 5.02 Å². The fourth-order valence-electron chi connectivity index (χ4n) is 2.21. The van der Waals surface area contributed by atoms with Crippen LogP contribution in [0.5, 0.6) is 0 Å². The number of rotatable bonds is 2. The minimum atomic E-state index is 0.630. The molecule has 21 heavy (non-hydrogen) atoms. The van der Waals surface area contributed by atoms with Gasteiger partial charge in [-0.25, -0.2) is 0 Å². The number of thiophene rings is 1. The monoisotopic (exact) mass is 381 g/mol. The Hall–Kier alpha value is -1.30. The Morgan fingerprint density at radius 1 is 1.38 bits per heavy atom. The predicted octanol–water partition coefficient (Wildman–Crippen LogP) is 5.12. The Morgan fingerprint density at radius 3 is 2.76 bits per heavy atom. The summed E-state index contributed by atoms with van der Waals surface area (Å²) in [5.41, 5.74) is 10.1. The Morgan fingerprint density at radius 2 is 2.14 bits per heavy atom. The first kappa shape index (κ1) is 14.6. The van der Waals surface area contributed by atoms with Gasteiger partial charge in [0.05, 0.1) is 15.5 Å². The Kier molecular flexibility index (Phi) is 3.82. The molecule has 2 heterocycles. The number of hydrogen-bond acceptors (Lipinski definition) is 3. The molecule has 0 fully saturated rings. The van der Waals surface area contributed by atoms with Crippen molar-refractivity contribution in [3.05, 3.63) is 44.7 Å². The fraction of sp³-hybridized carbons (Fsp3) is 0.133. The number of anilines is 1. The molecular formula is C15H13BrClN3S. The van der Waals surface area contributed by atoms with Gasteiger partial charge in [0.1, 0.15) is 11.5 Å². The van der Waals surface area contributed by atoms with Gasteiger partial charge in [-0.3, -0.25) is 4.68 Å². The number of nitrogen functional groups attached to an aromatic ring is 1. The molecule has 0 radical (unpaired) electrons. The van der Waals surface area contributed by atoms with Gasteiger partial charge >= 0.3 is 0 Å². The lowest BCUT2D eigenvalue weighted by molar-refractivity contribution is 0.783. The second kappa shape index (κ2) is 5.48. The van der Waals surface area contributed by atoms with E-state index >= 15 is 0 Å². The summed E-state index contributed by atoms with van der Waals surface area (Å²) >= 11 is 11.5. The summed E-state index contributed by atoms with van der Waals surface area (Å²) in [4.78, 5) is 0.955. The van der Waals surface area contributed by atoms with Crippen molar-refractivity contribution >= 4 is 44.7 Å². The summed E-state index contributed by atoms with van der Waals surface area (Å²) in [7, 11) is 1.84. The lowest BCUT2D eigenvalue weighted by Crippen LogP contribution is -1.97. The summed E-state index contributed by atoms with van der Waals surface area (Å²) in [6, 6.07) is 8.02. The number of nitrogens with zero attached hydrogens (tertiary/aromatic N) is 2. The van der Waals surface area contributed by atoms with Crippen molar-refractivity contribution in [2.45, 2.75) is 6.92 Å². The van der Waals surface area contributed by atoms with Gasteiger partial charge in [-0.2, -0.15) is 5.10 Å². The van der Waals surface area contributed by atoms with Gasteiger partial charge in [0.15, 0.2) is 0 Å². The van der Waals surface area contributed by atoms with E-state index in [0.29, 0.717) is 5.82 Å². The number of benzene rings is 1. The summed E-state index contributed by atoms with van der Waals surface area (Å²) in [5, 5.41) is 7.34. The minimum absolute atomic E-state index is 0.630. The maximum atomic E-state index is 6.41. The van der Waals surface area contributed by atoms with E-state index in [0.717, 1.165) is 36.8 Å². The molecule has 0 aliphatic rings. The van der Waals surface area contributed by atoms with E-state index in [1.54, 1.807) is 16.0 Å². The van der Waals surface area contributed by atoms with E-state index in [1.165, 1.54) is 0 Å². The molecule has 2 aromatic heterocycles. The molecule has 1 aromatic carbocycles. The predicted molar refractivity (Wildman–Crippen MR) is 93.8 cm³/mol. The van der Waals surface area contributed by atoms with E-state index in [2.05, 4.69) is 21.0 Å². The van der Waals surface area contributed by atoms with Gasteiger partial charge in [-0.15, -0.1) is 11.3 Å². The number of halogens is 2. The van der Waals surface area contributed by atoms with Gasteiger partial charge in [0.25, 0.3) is 0 Å². The van der Waals surface area contributed by atoms with Crippen LogP contribution in [0.15, 0.2) is 34.1 Å². The molecule has 3 aromatic rings. The number of nitrogens with two attached hydrogens (primary N) is 1. The van der Waals surface area contributed by atoms with Crippen LogP contribution in [-0.4, -0.2) is 9.78 Å². The largest absolute Gasteiger partial charge is 0.383 e. The highest BCUT2D eigenvalue weighted by molar-refractivity contribution is 9.10. The molecule has 0 bridgehead atoms. The topological polar surface area (TPSA) is 43.8 Å². The first-order valence-electron chi connectivity index (χ1n) is 6.31. The van der Waals surface area contributed by atoms with Crippen LogP contribution < -0.4 is 5.73 Å². The molecule has 3 nitrogen and oxygen atoms in total. The molecule has 0 unspecified atom stereocenters. The lowest BCUT2D eigenvalue weighted by Gasteiger charge is -2.04. The first-order chi connectivity index (χ1) is 9.99. The van der Waals surface area contributed by atoms with Crippen molar-refractivity contribution in [3.63, 3.8) is 0 Å². The van der Waals surface area contributed by atoms with Crippen molar-refractivity contribution < 1.29 is 0 Å². The molecule has 0 amide bonds. The highest BCUT2D eigenvalue weighted by Crippen LogP contribution is 2.43. The van der Waals surface area contributed by atoms with Crippen LogP contribution in [0.25, 0.3) is 21.7 Å². The van der Waals surface area contributed by atoms with Crippen molar-refractivity contribution in [1.82, 2.24) is 9.78 Å². The third-order valence-corrected chi connectivity index (χ3v) is 5.52. The molecule has 2 N–H and O–H groups in total. The smallest absolute Gasteiger partial charge is 0.129 e. The van der Waals surface area contributed by atoms with Crippen LogP contribution in [0.3, 0.4) is 0 Å². The summed E-state index contributed by atoms with van der Waals surface area (Å²) in [6.45, 7) is 1.99. The lowest BCUT2D eigenvalue weighted by atomic mass is 10.0. The summed E-state index contributed by atoms with van der Waals surface area (Å²) < 4.78 is 2.69. The molecule has 0 aliphatic carbocycles. The first-order valence-corrected chi connectivity index (χ1v) is 8.36. The third-order valence-electron chi connectivity index (χ3n) is 3.32. The summed E-state index contributed by atoms with van der Waals surface area (Å²) in [6.07, 6.45) is 0. The van der Waals surface area contributed by atoms with Crippen LogP contribution in [0.4, 0.5) is 5.82 Å². The maximum absolute atomic E-state index is 6.41. The average Bonchev–Trinajstić information content (AvgIpc) is 2.92. The van der Waals surface area contributed by atoms with Gasteiger partial charge in [-0.1, -0.05) is 39.7 Å². The Bertz CT molecular complexity index is 822. The molecule has 0 saturated carbocycles. The average molecular weight is 383 g/mol. The van der Waals surface area contributed by atoms with Crippen molar-refractivity contribution in [2.75, 3.05) is 5.73 Å². The zero-order valence-electron chi connectivity index (χ0n) is 11.5. The van der Waals surface area contributed by atoms with Crippen molar-refractivity contribution in [3.8, 4) is 21.7 Å². The summed E-state index contributed by atoms with van der Waals surface area (Å²) in [5.74, 6) is 0.630. The van der Waals surface area contributed by atoms with Gasteiger partial charge < -0.3 is 5.73 Å². The zero-order valence-corrected chi connectivity index (χ0v) is 14.7. The number of aromatic nitrogens is 2. The molecule has 0 aliphatic heterocycles. The highest BCUT2D eigenvalue weighted by atomic mass is 79.9. The molecule has 108 valence electrons. The number of hydrogen-bond donors (Lipinski definition) is 1. The van der Waals surface area contributed by atoms with Gasteiger partial charge in [0, 0.05) is 11.5 Å². The van der Waals surface area contributed by atoms with Crippen molar-refractivity contribution in [1.29, 1.82) is 0 Å². The van der Waals surface area contributed by atoms with Crippen molar-refractivity contribution in [2.24, 2.45) is 7.05 Å². The fourth-order valence-corrected chi connectivity index (χ4v) is 3.89. The van der Waals surface area contributed by atoms with Crippen LogP contribution >= 0.6 is 38.9 Å². The zero-order chi connectivity index (χ0) is 15.1. The van der Waals surface area contributed by atoms with E-state index in [4.69, 9.17) is 17.3 Å². The maximum Gasteiger partial charge on any atom is 0.129 e. The molecular weight excluding hydrogens is 370 g/mol. The van der Waals surface area contributed by atoms with Crippen LogP contribution in [-0.2, 0) is 7.05 Å². The highest BCUT2D eigenvalue weighted by Gasteiger charge is 2.21. The SMILES string of the molecule is Cc1csc(-c2nn(C)c(N)c2-c2cccc(Br)c2)c1Cl. The molecule has 0 saturated heterocycles. The molecule has 0 spiro atoms. The number of aryl methyl sites for hydroxylation is 2. The Balaban J connectivity index is 2.28. The van der Waals surface area contributed by atoms with E-state index in [1.807, 2.05) is 43.6 Å². The second-order valence-corrected chi connectivity index (χ2v) is 6.98. The minimum Gasteiger partial charge on any atom is -0.383 e. The van der Waals surface area contributed by atoms with Gasteiger partial charge in [0.2, 0.25) is 0 Å². The van der Waals surface area contributed by atoms with Gasteiger partial charge in [-0.05, 0) is 35.6 Å². The molecule has 6 heteroatoms. The van der Waals surface area contributed by atoms with E-state index < -0.39 is 0 Å². The quantitative estimate of drug-likeness (QED) is 0.668. The molecule has 3 rings (SSSR count). The van der Waals surface area contributed by atoms with E-state index in [-0.39, 0.29) is 0 Å².